The summed E-state index contributed by atoms with van der Waals surface area (Å²) in [5.74, 6) is -0.590. The molecule has 1 aliphatic heterocycles. The zero-order chi connectivity index (χ0) is 14.9. The van der Waals surface area contributed by atoms with Gasteiger partial charge in [0.1, 0.15) is 0 Å². The first-order valence-corrected chi connectivity index (χ1v) is 8.52. The lowest BCUT2D eigenvalue weighted by molar-refractivity contribution is -0.139. The number of likely N-dealkylation sites (tertiary alicyclic amines) is 1. The van der Waals surface area contributed by atoms with Gasteiger partial charge in [-0.2, -0.15) is 0 Å². The van der Waals surface area contributed by atoms with Crippen LogP contribution in [0.5, 0.6) is 0 Å². The van der Waals surface area contributed by atoms with Gasteiger partial charge in [-0.25, -0.2) is 0 Å². The standard InChI is InChI=1S/C16H21NO3S/c18-14(5-1-3-12-4-2-10-21-12)17-8-6-16(7-9-17)11-13(16)15(19)20/h2,4,10,13H,1,3,5-9,11H2,(H,19,20). The van der Waals surface area contributed by atoms with Crippen LogP contribution in [0, 0.1) is 11.3 Å². The monoisotopic (exact) mass is 307 g/mol. The normalized spacial score (nSPS) is 23.2. The average molecular weight is 307 g/mol. The number of rotatable bonds is 5. The van der Waals surface area contributed by atoms with Gasteiger partial charge in [0.2, 0.25) is 5.91 Å². The first-order valence-electron chi connectivity index (χ1n) is 7.64. The predicted molar refractivity (Wildman–Crippen MR) is 81.2 cm³/mol. The van der Waals surface area contributed by atoms with Crippen LogP contribution in [0.25, 0.3) is 0 Å². The van der Waals surface area contributed by atoms with Crippen molar-refractivity contribution >= 4 is 23.2 Å². The number of carbonyl (C=O) groups is 2. The highest BCUT2D eigenvalue weighted by Crippen LogP contribution is 2.59. The van der Waals surface area contributed by atoms with E-state index in [0.717, 1.165) is 45.2 Å². The maximum absolute atomic E-state index is 12.2. The van der Waals surface area contributed by atoms with E-state index in [1.807, 2.05) is 11.0 Å². The van der Waals surface area contributed by atoms with Crippen LogP contribution in [0.3, 0.4) is 0 Å². The summed E-state index contributed by atoms with van der Waals surface area (Å²) in [6.45, 7) is 1.48. The van der Waals surface area contributed by atoms with E-state index in [1.54, 1.807) is 11.3 Å². The Bertz CT molecular complexity index is 518. The highest BCUT2D eigenvalue weighted by Gasteiger charge is 2.59. The average Bonchev–Trinajstić information content (AvgIpc) is 2.93. The van der Waals surface area contributed by atoms with Crippen molar-refractivity contribution in [3.63, 3.8) is 0 Å². The quantitative estimate of drug-likeness (QED) is 0.910. The first kappa shape index (κ1) is 14.6. The molecule has 114 valence electrons. The Morgan fingerprint density at radius 3 is 2.71 bits per heavy atom. The summed E-state index contributed by atoms with van der Waals surface area (Å²) in [6.07, 6.45) is 5.01. The van der Waals surface area contributed by atoms with Crippen molar-refractivity contribution < 1.29 is 14.7 Å². The summed E-state index contributed by atoms with van der Waals surface area (Å²) < 4.78 is 0. The number of thiophene rings is 1. The van der Waals surface area contributed by atoms with E-state index in [2.05, 4.69) is 11.4 Å². The third-order valence-corrected chi connectivity index (χ3v) is 5.93. The highest BCUT2D eigenvalue weighted by molar-refractivity contribution is 7.09. The van der Waals surface area contributed by atoms with Crippen LogP contribution in [0.1, 0.15) is 37.0 Å². The molecule has 3 rings (SSSR count). The molecule has 2 heterocycles. The van der Waals surface area contributed by atoms with Crippen molar-refractivity contribution in [1.82, 2.24) is 4.90 Å². The van der Waals surface area contributed by atoms with Crippen molar-refractivity contribution in [2.75, 3.05) is 13.1 Å². The Morgan fingerprint density at radius 1 is 1.38 bits per heavy atom. The molecule has 2 aliphatic rings. The molecule has 21 heavy (non-hydrogen) atoms. The molecule has 1 aliphatic carbocycles. The van der Waals surface area contributed by atoms with Gasteiger partial charge in [-0.15, -0.1) is 11.3 Å². The van der Waals surface area contributed by atoms with Crippen LogP contribution < -0.4 is 0 Å². The fourth-order valence-corrected chi connectivity index (χ4v) is 4.23. The summed E-state index contributed by atoms with van der Waals surface area (Å²) in [6, 6.07) is 4.15. The van der Waals surface area contributed by atoms with Crippen LogP contribution in [0.15, 0.2) is 17.5 Å². The van der Waals surface area contributed by atoms with Crippen molar-refractivity contribution in [3.8, 4) is 0 Å². The van der Waals surface area contributed by atoms with E-state index in [4.69, 9.17) is 5.11 Å². The number of carboxylic acid groups (broad SMARTS) is 1. The second-order valence-electron chi connectivity index (χ2n) is 6.27. The number of carboxylic acids is 1. The van der Waals surface area contributed by atoms with Crippen molar-refractivity contribution in [2.24, 2.45) is 11.3 Å². The Morgan fingerprint density at radius 2 is 2.14 bits per heavy atom. The lowest BCUT2D eigenvalue weighted by Crippen LogP contribution is -2.39. The molecule has 2 fully saturated rings. The van der Waals surface area contributed by atoms with Gasteiger partial charge in [-0.1, -0.05) is 6.07 Å². The van der Waals surface area contributed by atoms with Gasteiger partial charge in [0, 0.05) is 24.4 Å². The number of piperidine rings is 1. The van der Waals surface area contributed by atoms with Crippen LogP contribution in [-0.4, -0.2) is 35.0 Å². The van der Waals surface area contributed by atoms with Gasteiger partial charge < -0.3 is 10.0 Å². The molecule has 0 radical (unpaired) electrons. The van der Waals surface area contributed by atoms with Gasteiger partial charge in [0.15, 0.2) is 0 Å². The van der Waals surface area contributed by atoms with E-state index in [-0.39, 0.29) is 17.2 Å². The maximum atomic E-state index is 12.2. The Balaban J connectivity index is 1.40. The van der Waals surface area contributed by atoms with Gasteiger partial charge in [0.25, 0.3) is 0 Å². The third kappa shape index (κ3) is 3.12. The summed E-state index contributed by atoms with van der Waals surface area (Å²) >= 11 is 1.74. The SMILES string of the molecule is O=C(O)C1CC12CCN(C(=O)CCCc1cccs1)CC2. The molecular formula is C16H21NO3S. The minimum Gasteiger partial charge on any atom is -0.481 e. The molecule has 1 spiro atoms. The van der Waals surface area contributed by atoms with E-state index in [1.165, 1.54) is 4.88 Å². The Labute approximate surface area is 128 Å². The minimum atomic E-state index is -0.661. The van der Waals surface area contributed by atoms with Crippen LogP contribution in [0.4, 0.5) is 0 Å². The lowest BCUT2D eigenvalue weighted by Gasteiger charge is -2.32. The molecule has 1 aromatic heterocycles. The molecule has 1 unspecified atom stereocenters. The molecule has 1 saturated carbocycles. The maximum Gasteiger partial charge on any atom is 0.307 e. The largest absolute Gasteiger partial charge is 0.481 e. The molecule has 1 saturated heterocycles. The summed E-state index contributed by atoms with van der Waals surface area (Å²) in [5.41, 5.74) is 0.0135. The van der Waals surface area contributed by atoms with Crippen molar-refractivity contribution in [2.45, 2.75) is 38.5 Å². The smallest absolute Gasteiger partial charge is 0.307 e. The van der Waals surface area contributed by atoms with E-state index < -0.39 is 5.97 Å². The highest BCUT2D eigenvalue weighted by atomic mass is 32.1. The third-order valence-electron chi connectivity index (χ3n) is 4.99. The molecule has 0 bridgehead atoms. The first-order chi connectivity index (χ1) is 10.1. The molecule has 1 aromatic rings. The topological polar surface area (TPSA) is 57.6 Å². The molecule has 1 N–H and O–H groups in total. The Hall–Kier alpha value is -1.36. The fraction of sp³-hybridized carbons (Fsp3) is 0.625. The van der Waals surface area contributed by atoms with Crippen LogP contribution in [-0.2, 0) is 16.0 Å². The number of nitrogens with zero attached hydrogens (tertiary/aromatic N) is 1. The van der Waals surface area contributed by atoms with Gasteiger partial charge >= 0.3 is 5.97 Å². The fourth-order valence-electron chi connectivity index (χ4n) is 3.48. The van der Waals surface area contributed by atoms with E-state index >= 15 is 0 Å². The molecular weight excluding hydrogens is 286 g/mol. The zero-order valence-corrected chi connectivity index (χ0v) is 12.9. The molecule has 0 aromatic carbocycles. The minimum absolute atomic E-state index is 0.0135. The van der Waals surface area contributed by atoms with Gasteiger partial charge in [-0.3, -0.25) is 9.59 Å². The number of aliphatic carboxylic acids is 1. The molecule has 5 heteroatoms. The van der Waals surface area contributed by atoms with Crippen LogP contribution >= 0.6 is 11.3 Å². The summed E-state index contributed by atoms with van der Waals surface area (Å²) in [7, 11) is 0. The number of amides is 1. The second-order valence-corrected chi connectivity index (χ2v) is 7.30. The zero-order valence-electron chi connectivity index (χ0n) is 12.1. The molecule has 4 nitrogen and oxygen atoms in total. The molecule has 1 amide bonds. The number of aryl methyl sites for hydroxylation is 1. The number of carbonyl (C=O) groups excluding carboxylic acids is 1. The predicted octanol–water partition coefficient (Wildman–Crippen LogP) is 2.78. The van der Waals surface area contributed by atoms with Gasteiger partial charge in [0.05, 0.1) is 5.92 Å². The van der Waals surface area contributed by atoms with E-state index in [9.17, 15) is 9.59 Å². The van der Waals surface area contributed by atoms with Crippen molar-refractivity contribution in [3.05, 3.63) is 22.4 Å². The van der Waals surface area contributed by atoms with Gasteiger partial charge in [-0.05, 0) is 49.0 Å². The van der Waals surface area contributed by atoms with E-state index in [0.29, 0.717) is 6.42 Å². The number of hydrogen-bond acceptors (Lipinski definition) is 3. The van der Waals surface area contributed by atoms with Crippen LogP contribution in [0.2, 0.25) is 0 Å². The summed E-state index contributed by atoms with van der Waals surface area (Å²) in [5, 5.41) is 11.1. The summed E-state index contributed by atoms with van der Waals surface area (Å²) in [4.78, 5) is 26.5. The Kier molecular flexibility index (Phi) is 4.02. The van der Waals surface area contributed by atoms with Crippen molar-refractivity contribution in [1.29, 1.82) is 0 Å². The second kappa shape index (κ2) is 5.79. The number of hydrogen-bond donors (Lipinski definition) is 1. The lowest BCUT2D eigenvalue weighted by atomic mass is 9.90. The molecule has 1 atom stereocenters.